The summed E-state index contributed by atoms with van der Waals surface area (Å²) in [6, 6.07) is 0. The third-order valence-corrected chi connectivity index (χ3v) is 4.48. The third kappa shape index (κ3) is 10.3. The van der Waals surface area contributed by atoms with E-state index in [0.717, 1.165) is 19.3 Å². The Kier molecular flexibility index (Phi) is 8.55. The van der Waals surface area contributed by atoms with Crippen LogP contribution in [0.5, 0.6) is 0 Å². The van der Waals surface area contributed by atoms with E-state index < -0.39 is 0 Å². The quantitative estimate of drug-likeness (QED) is 0.326. The Morgan fingerprint density at radius 3 is 1.39 bits per heavy atom. The Balaban J connectivity index is 5.66. The normalized spacial score (nSPS) is 15.3. The number of rotatable bonds is 7. The van der Waals surface area contributed by atoms with Crippen molar-refractivity contribution in [2.75, 3.05) is 0 Å². The molecule has 3 heteroatoms. The molecule has 0 spiro atoms. The van der Waals surface area contributed by atoms with Gasteiger partial charge in [0.2, 0.25) is 0 Å². The Morgan fingerprint density at radius 2 is 1.13 bits per heavy atom. The molecule has 0 rings (SSSR count). The Hall–Kier alpha value is 0.610. The van der Waals surface area contributed by atoms with E-state index in [0.29, 0.717) is 11.2 Å². The lowest BCUT2D eigenvalue weighted by Crippen LogP contribution is -2.41. The van der Waals surface area contributed by atoms with Crippen LogP contribution in [-0.2, 0) is 0 Å². The largest absolute Gasteiger partial charge is 0.175 e. The maximum absolute atomic E-state index is 4.77. The lowest BCUT2D eigenvalue weighted by Gasteiger charge is -2.46. The minimum absolute atomic E-state index is 0.00711. The Bertz CT molecular complexity index is 395. The van der Waals surface area contributed by atoms with Gasteiger partial charge in [-0.25, -0.2) is 0 Å². The second kappa shape index (κ2) is 8.33. The summed E-state index contributed by atoms with van der Waals surface area (Å²) in [5, 5.41) is 0.317. The van der Waals surface area contributed by atoms with Crippen LogP contribution in [0.4, 0.5) is 0 Å². The fourth-order valence-electron chi connectivity index (χ4n) is 4.19. The molecule has 0 heterocycles. The molecule has 0 aliphatic carbocycles. The summed E-state index contributed by atoms with van der Waals surface area (Å²) in [5.41, 5.74) is 0.168. The van der Waals surface area contributed by atoms with Crippen molar-refractivity contribution in [3.63, 3.8) is 0 Å². The first-order valence-corrected chi connectivity index (χ1v) is 9.99. The maximum atomic E-state index is 4.77. The molecule has 23 heavy (non-hydrogen) atoms. The zero-order valence-corrected chi connectivity index (χ0v) is 19.3. The van der Waals surface area contributed by atoms with Gasteiger partial charge in [0.15, 0.2) is 0 Å². The predicted octanol–water partition coefficient (Wildman–Crippen LogP) is 6.56. The van der Waals surface area contributed by atoms with Crippen LogP contribution in [0.15, 0.2) is 0 Å². The maximum Gasteiger partial charge on any atom is 0.0306 e. The van der Waals surface area contributed by atoms with Gasteiger partial charge in [-0.2, -0.15) is 37.9 Å². The molecule has 1 atom stereocenters. The highest BCUT2D eigenvalue weighted by Crippen LogP contribution is 2.49. The van der Waals surface area contributed by atoms with Gasteiger partial charge in [0, 0.05) is 27.1 Å². The van der Waals surface area contributed by atoms with E-state index in [2.05, 4.69) is 86.8 Å². The summed E-state index contributed by atoms with van der Waals surface area (Å²) in [6.07, 6.45) is 2.88. The van der Waals surface area contributed by atoms with Gasteiger partial charge in [-0.15, -0.1) is 5.92 Å². The van der Waals surface area contributed by atoms with Crippen LogP contribution in [0.25, 0.3) is 0 Å². The zero-order chi connectivity index (χ0) is 18.7. The van der Waals surface area contributed by atoms with Crippen molar-refractivity contribution in [1.29, 1.82) is 0 Å². The van der Waals surface area contributed by atoms with E-state index in [9.17, 15) is 0 Å². The fourth-order valence-corrected chi connectivity index (χ4v) is 5.10. The monoisotopic (exact) mass is 374 g/mol. The van der Waals surface area contributed by atoms with Gasteiger partial charge >= 0.3 is 0 Å². The summed E-state index contributed by atoms with van der Waals surface area (Å²) in [4.78, 5) is 0. The second-order valence-corrected chi connectivity index (χ2v) is 13.1. The van der Waals surface area contributed by atoms with E-state index in [1.165, 1.54) is 0 Å². The molecule has 0 aliphatic rings. The van der Waals surface area contributed by atoms with E-state index in [4.69, 9.17) is 25.3 Å². The van der Waals surface area contributed by atoms with Crippen LogP contribution in [0.2, 0.25) is 0 Å². The number of hydrogen-bond acceptors (Lipinski definition) is 3. The molecule has 1 unspecified atom stereocenters. The SMILES string of the molecule is CC(S)CC#CC(C(C)(C)CC(C)(C)S)C(C)(C)CC(C)(C)S. The molecule has 0 fully saturated rings. The van der Waals surface area contributed by atoms with E-state index >= 15 is 0 Å². The first kappa shape index (κ1) is 23.6. The average molecular weight is 375 g/mol. The van der Waals surface area contributed by atoms with Crippen molar-refractivity contribution in [3.8, 4) is 11.8 Å². The highest BCUT2D eigenvalue weighted by Gasteiger charge is 2.43. The van der Waals surface area contributed by atoms with Gasteiger partial charge < -0.3 is 0 Å². The molecule has 0 saturated heterocycles. The van der Waals surface area contributed by atoms with Gasteiger partial charge in [-0.05, 0) is 23.7 Å². The van der Waals surface area contributed by atoms with Gasteiger partial charge in [0.25, 0.3) is 0 Å². The molecule has 0 radical (unpaired) electrons. The summed E-state index contributed by atoms with van der Waals surface area (Å²) < 4.78 is -0.0142. The van der Waals surface area contributed by atoms with Gasteiger partial charge in [-0.3, -0.25) is 0 Å². The topological polar surface area (TPSA) is 0 Å². The summed E-state index contributed by atoms with van der Waals surface area (Å²) in [6.45, 7) is 20.2. The highest BCUT2D eigenvalue weighted by atomic mass is 32.1. The fraction of sp³-hybridized carbons (Fsp3) is 0.900. The highest BCUT2D eigenvalue weighted by molar-refractivity contribution is 7.82. The molecule has 136 valence electrons. The van der Waals surface area contributed by atoms with Crippen LogP contribution < -0.4 is 0 Å². The summed E-state index contributed by atoms with van der Waals surface area (Å²) in [5.74, 6) is 7.29. The second-order valence-electron chi connectivity index (χ2n) is 9.76. The van der Waals surface area contributed by atoms with E-state index in [-0.39, 0.29) is 20.3 Å². The van der Waals surface area contributed by atoms with Crippen LogP contribution in [-0.4, -0.2) is 14.7 Å². The van der Waals surface area contributed by atoms with Crippen LogP contribution in [0.1, 0.15) is 81.6 Å². The summed E-state index contributed by atoms with van der Waals surface area (Å²) >= 11 is 14.0. The van der Waals surface area contributed by atoms with E-state index in [1.54, 1.807) is 0 Å². The number of hydrogen-bond donors (Lipinski definition) is 3. The van der Waals surface area contributed by atoms with Crippen molar-refractivity contribution < 1.29 is 0 Å². The van der Waals surface area contributed by atoms with Gasteiger partial charge in [-0.1, -0.05) is 68.2 Å². The molecule has 0 amide bonds. The Morgan fingerprint density at radius 1 is 0.783 bits per heavy atom. The molecule has 0 nitrogen and oxygen atoms in total. The van der Waals surface area contributed by atoms with Crippen molar-refractivity contribution in [2.45, 2.75) is 96.3 Å². The molecule has 0 aromatic rings. The first-order valence-electron chi connectivity index (χ1n) is 8.57. The van der Waals surface area contributed by atoms with E-state index in [1.807, 2.05) is 0 Å². The predicted molar refractivity (Wildman–Crippen MR) is 117 cm³/mol. The minimum Gasteiger partial charge on any atom is -0.175 e. The molecule has 0 saturated carbocycles. The van der Waals surface area contributed by atoms with Gasteiger partial charge in [0.05, 0.1) is 0 Å². The minimum atomic E-state index is -0.00711. The van der Waals surface area contributed by atoms with Crippen molar-refractivity contribution >= 4 is 37.9 Å². The van der Waals surface area contributed by atoms with Crippen molar-refractivity contribution in [3.05, 3.63) is 0 Å². The third-order valence-electron chi connectivity index (χ3n) is 3.98. The lowest BCUT2D eigenvalue weighted by atomic mass is 9.60. The molecule has 0 aromatic heterocycles. The molecular formula is C20H38S3. The molecular weight excluding hydrogens is 336 g/mol. The summed E-state index contributed by atoms with van der Waals surface area (Å²) in [7, 11) is 0. The standard InChI is InChI=1S/C20H38S3/c1-15(21)11-10-12-16(17(2,3)13-19(6,7)22)18(4,5)14-20(8,9)23/h15-16,21-23H,11,13-14H2,1-9H3. The lowest BCUT2D eigenvalue weighted by molar-refractivity contribution is 0.0914. The first-order chi connectivity index (χ1) is 9.96. The van der Waals surface area contributed by atoms with Gasteiger partial charge in [0.1, 0.15) is 0 Å². The number of thiol groups is 3. The van der Waals surface area contributed by atoms with Crippen LogP contribution in [0, 0.1) is 28.6 Å². The smallest absolute Gasteiger partial charge is 0.0306 e. The molecule has 0 aliphatic heterocycles. The zero-order valence-electron chi connectivity index (χ0n) is 16.6. The molecule has 0 aromatic carbocycles. The molecule has 0 N–H and O–H groups in total. The molecule has 0 bridgehead atoms. The van der Waals surface area contributed by atoms with Crippen LogP contribution in [0.3, 0.4) is 0 Å². The van der Waals surface area contributed by atoms with Crippen molar-refractivity contribution in [2.24, 2.45) is 16.7 Å². The van der Waals surface area contributed by atoms with Crippen LogP contribution >= 0.6 is 37.9 Å². The Labute approximate surface area is 162 Å². The average Bonchev–Trinajstić information content (AvgIpc) is 2.15. The van der Waals surface area contributed by atoms with Crippen molar-refractivity contribution in [1.82, 2.24) is 0 Å².